The molecular formula is C16H17N5O3. The minimum absolute atomic E-state index is 0.0951. The number of amides is 2. The van der Waals surface area contributed by atoms with Gasteiger partial charge in [-0.1, -0.05) is 5.21 Å². The molecule has 4 rings (SSSR count). The van der Waals surface area contributed by atoms with Gasteiger partial charge in [-0.2, -0.15) is 0 Å². The molecular weight excluding hydrogens is 310 g/mol. The quantitative estimate of drug-likeness (QED) is 0.843. The minimum atomic E-state index is -0.378. The van der Waals surface area contributed by atoms with Gasteiger partial charge in [0, 0.05) is 24.1 Å². The maximum absolute atomic E-state index is 12.2. The second-order valence-electron chi connectivity index (χ2n) is 5.87. The van der Waals surface area contributed by atoms with Crippen molar-refractivity contribution < 1.29 is 14.3 Å². The van der Waals surface area contributed by atoms with Gasteiger partial charge in [0.25, 0.3) is 0 Å². The van der Waals surface area contributed by atoms with Crippen LogP contribution in [-0.2, 0) is 22.5 Å². The SMILES string of the molecule is CCN1C(=O)Cc2cc(N3C[C@H](Cn4ccnn4)OC3=O)ccc21. The van der Waals surface area contributed by atoms with E-state index in [9.17, 15) is 9.59 Å². The first kappa shape index (κ1) is 14.7. The van der Waals surface area contributed by atoms with Crippen molar-refractivity contribution in [1.29, 1.82) is 0 Å². The fourth-order valence-corrected chi connectivity index (χ4v) is 3.25. The van der Waals surface area contributed by atoms with Crippen LogP contribution in [0.5, 0.6) is 0 Å². The summed E-state index contributed by atoms with van der Waals surface area (Å²) < 4.78 is 7.05. The third-order valence-electron chi connectivity index (χ3n) is 4.36. The van der Waals surface area contributed by atoms with Crippen molar-refractivity contribution in [3.8, 4) is 0 Å². The second-order valence-corrected chi connectivity index (χ2v) is 5.87. The molecule has 2 aliphatic heterocycles. The van der Waals surface area contributed by atoms with Gasteiger partial charge in [-0.15, -0.1) is 5.10 Å². The van der Waals surface area contributed by atoms with E-state index in [4.69, 9.17) is 4.74 Å². The fourth-order valence-electron chi connectivity index (χ4n) is 3.25. The van der Waals surface area contributed by atoms with Crippen molar-refractivity contribution >= 4 is 23.4 Å². The highest BCUT2D eigenvalue weighted by Crippen LogP contribution is 2.33. The van der Waals surface area contributed by atoms with Gasteiger partial charge in [0.2, 0.25) is 5.91 Å². The van der Waals surface area contributed by atoms with Crippen molar-refractivity contribution in [3.63, 3.8) is 0 Å². The van der Waals surface area contributed by atoms with Crippen LogP contribution >= 0.6 is 0 Å². The smallest absolute Gasteiger partial charge is 0.414 e. The summed E-state index contributed by atoms with van der Waals surface area (Å²) in [6, 6.07) is 5.66. The molecule has 1 saturated heterocycles. The Morgan fingerprint density at radius 1 is 1.33 bits per heavy atom. The molecule has 2 aromatic rings. The average Bonchev–Trinajstić information content (AvgIpc) is 3.25. The molecule has 24 heavy (non-hydrogen) atoms. The van der Waals surface area contributed by atoms with E-state index < -0.39 is 0 Å². The lowest BCUT2D eigenvalue weighted by Crippen LogP contribution is -2.26. The zero-order valence-electron chi connectivity index (χ0n) is 13.3. The van der Waals surface area contributed by atoms with E-state index in [1.54, 1.807) is 26.9 Å². The Morgan fingerprint density at radius 3 is 2.96 bits per heavy atom. The van der Waals surface area contributed by atoms with Crippen molar-refractivity contribution in [2.45, 2.75) is 26.0 Å². The number of benzene rings is 1. The number of anilines is 2. The molecule has 0 spiro atoms. The highest BCUT2D eigenvalue weighted by atomic mass is 16.6. The van der Waals surface area contributed by atoms with Gasteiger partial charge in [-0.25, -0.2) is 9.48 Å². The standard InChI is InChI=1S/C16H17N5O3/c1-2-20-14-4-3-12(7-11(14)8-15(20)22)21-10-13(24-16(21)23)9-19-6-5-17-18-19/h3-7,13H,2,8-10H2,1H3/t13-/m0/s1. The highest BCUT2D eigenvalue weighted by molar-refractivity contribution is 6.02. The molecule has 0 N–H and O–H groups in total. The maximum atomic E-state index is 12.2. The van der Waals surface area contributed by atoms with Gasteiger partial charge >= 0.3 is 6.09 Å². The summed E-state index contributed by atoms with van der Waals surface area (Å²) in [5.74, 6) is 0.0951. The number of ether oxygens (including phenoxy) is 1. The number of carbonyl (C=O) groups is 2. The molecule has 1 fully saturated rings. The number of aromatic nitrogens is 3. The lowest BCUT2D eigenvalue weighted by molar-refractivity contribution is -0.117. The van der Waals surface area contributed by atoms with E-state index in [1.165, 1.54) is 0 Å². The molecule has 124 valence electrons. The molecule has 0 unspecified atom stereocenters. The van der Waals surface area contributed by atoms with Crippen LogP contribution < -0.4 is 9.80 Å². The lowest BCUT2D eigenvalue weighted by atomic mass is 10.1. The van der Waals surface area contributed by atoms with Crippen molar-refractivity contribution in [2.75, 3.05) is 22.9 Å². The molecule has 3 heterocycles. The van der Waals surface area contributed by atoms with Gasteiger partial charge in [0.15, 0.2) is 0 Å². The zero-order valence-corrected chi connectivity index (χ0v) is 13.3. The Kier molecular flexibility index (Phi) is 3.44. The molecule has 2 amide bonds. The third-order valence-corrected chi connectivity index (χ3v) is 4.36. The number of carbonyl (C=O) groups excluding carboxylic acids is 2. The Balaban J connectivity index is 1.53. The molecule has 0 bridgehead atoms. The summed E-state index contributed by atoms with van der Waals surface area (Å²) in [5, 5.41) is 7.63. The summed E-state index contributed by atoms with van der Waals surface area (Å²) in [6.45, 7) is 3.52. The van der Waals surface area contributed by atoms with E-state index in [1.807, 2.05) is 25.1 Å². The van der Waals surface area contributed by atoms with Gasteiger partial charge in [-0.3, -0.25) is 9.69 Å². The minimum Gasteiger partial charge on any atom is -0.442 e. The molecule has 1 aromatic heterocycles. The van der Waals surface area contributed by atoms with Gasteiger partial charge < -0.3 is 9.64 Å². The predicted octanol–water partition coefficient (Wildman–Crippen LogP) is 1.21. The number of rotatable bonds is 4. The van der Waals surface area contributed by atoms with Crippen LogP contribution in [0.4, 0.5) is 16.2 Å². The zero-order chi connectivity index (χ0) is 16.7. The Morgan fingerprint density at radius 2 is 2.21 bits per heavy atom. The molecule has 2 aliphatic rings. The highest BCUT2D eigenvalue weighted by Gasteiger charge is 2.34. The van der Waals surface area contributed by atoms with Crippen LogP contribution in [0.3, 0.4) is 0 Å². The lowest BCUT2D eigenvalue weighted by Gasteiger charge is -2.17. The van der Waals surface area contributed by atoms with Crippen molar-refractivity contribution in [1.82, 2.24) is 15.0 Å². The summed E-state index contributed by atoms with van der Waals surface area (Å²) in [5.41, 5.74) is 2.63. The van der Waals surface area contributed by atoms with Gasteiger partial charge in [0.1, 0.15) is 6.10 Å². The van der Waals surface area contributed by atoms with Crippen LogP contribution in [0.25, 0.3) is 0 Å². The third kappa shape index (κ3) is 2.40. The van der Waals surface area contributed by atoms with E-state index >= 15 is 0 Å². The summed E-state index contributed by atoms with van der Waals surface area (Å²) in [6.07, 6.45) is 3.04. The normalized spacial score (nSPS) is 19.8. The second kappa shape index (κ2) is 5.63. The van der Waals surface area contributed by atoms with Crippen molar-refractivity contribution in [2.24, 2.45) is 0 Å². The van der Waals surface area contributed by atoms with Crippen molar-refractivity contribution in [3.05, 3.63) is 36.2 Å². The number of fused-ring (bicyclic) bond motifs is 1. The van der Waals surface area contributed by atoms with Crippen LogP contribution in [0.2, 0.25) is 0 Å². The summed E-state index contributed by atoms with van der Waals surface area (Å²) >= 11 is 0. The molecule has 1 atom stereocenters. The van der Waals surface area contributed by atoms with E-state index in [-0.39, 0.29) is 18.1 Å². The first-order chi connectivity index (χ1) is 11.7. The monoisotopic (exact) mass is 327 g/mol. The van der Waals surface area contributed by atoms with Crippen LogP contribution in [0.15, 0.2) is 30.6 Å². The van der Waals surface area contributed by atoms with Crippen LogP contribution in [-0.4, -0.2) is 46.2 Å². The Hall–Kier alpha value is -2.90. The predicted molar refractivity (Wildman–Crippen MR) is 85.8 cm³/mol. The average molecular weight is 327 g/mol. The van der Waals surface area contributed by atoms with Crippen LogP contribution in [0.1, 0.15) is 12.5 Å². The number of likely N-dealkylation sites (N-methyl/N-ethyl adjacent to an activating group) is 1. The first-order valence-corrected chi connectivity index (χ1v) is 7.91. The van der Waals surface area contributed by atoms with Crippen LogP contribution in [0, 0.1) is 0 Å². The summed E-state index contributed by atoms with van der Waals surface area (Å²) in [7, 11) is 0. The fraction of sp³-hybridized carbons (Fsp3) is 0.375. The number of hydrogen-bond donors (Lipinski definition) is 0. The largest absolute Gasteiger partial charge is 0.442 e. The Labute approximate surface area is 138 Å². The molecule has 0 aliphatic carbocycles. The van der Waals surface area contributed by atoms with Gasteiger partial charge in [-0.05, 0) is 30.7 Å². The first-order valence-electron chi connectivity index (χ1n) is 7.91. The Bertz CT molecular complexity index is 789. The van der Waals surface area contributed by atoms with E-state index in [0.29, 0.717) is 26.1 Å². The molecule has 1 aromatic carbocycles. The molecule has 8 nitrogen and oxygen atoms in total. The molecule has 8 heteroatoms. The number of cyclic esters (lactones) is 1. The molecule has 0 saturated carbocycles. The maximum Gasteiger partial charge on any atom is 0.414 e. The number of nitrogens with zero attached hydrogens (tertiary/aromatic N) is 5. The van der Waals surface area contributed by atoms with E-state index in [2.05, 4.69) is 10.3 Å². The summed E-state index contributed by atoms with van der Waals surface area (Å²) in [4.78, 5) is 27.5. The molecule has 0 radical (unpaired) electrons. The van der Waals surface area contributed by atoms with E-state index in [0.717, 1.165) is 16.9 Å². The van der Waals surface area contributed by atoms with Gasteiger partial charge in [0.05, 0.1) is 25.7 Å². The number of hydrogen-bond acceptors (Lipinski definition) is 5. The topological polar surface area (TPSA) is 80.6 Å².